The number of fused-ring (bicyclic) bond motifs is 1. The van der Waals surface area contributed by atoms with Gasteiger partial charge in [0.05, 0.1) is 24.2 Å². The Balaban J connectivity index is 1.74. The van der Waals surface area contributed by atoms with Crippen LogP contribution in [-0.2, 0) is 6.61 Å². The number of aromatic amines is 1. The molecule has 32 heavy (non-hydrogen) atoms. The maximum Gasteiger partial charge on any atom is 0.349 e. The lowest BCUT2D eigenvalue weighted by atomic mass is 10.1. The highest BCUT2D eigenvalue weighted by molar-refractivity contribution is 9.10. The van der Waals surface area contributed by atoms with E-state index in [1.165, 1.54) is 6.21 Å². The van der Waals surface area contributed by atoms with Crippen molar-refractivity contribution in [2.45, 2.75) is 13.5 Å². The van der Waals surface area contributed by atoms with Crippen LogP contribution in [-0.4, -0.2) is 23.0 Å². The summed E-state index contributed by atoms with van der Waals surface area (Å²) in [5.74, 6) is 0.944. The number of nitrogens with zero attached hydrogens (tertiary/aromatic N) is 2. The molecule has 4 aromatic rings. The third kappa shape index (κ3) is 4.50. The van der Waals surface area contributed by atoms with Gasteiger partial charge < -0.3 is 14.5 Å². The van der Waals surface area contributed by atoms with Crippen LogP contribution < -0.4 is 20.7 Å². The number of aryl methyl sites for hydroxylation is 1. The van der Waals surface area contributed by atoms with Crippen LogP contribution in [0.1, 0.15) is 16.7 Å². The lowest BCUT2D eigenvalue weighted by Crippen LogP contribution is -2.32. The van der Waals surface area contributed by atoms with E-state index in [-0.39, 0.29) is 0 Å². The second-order valence-electron chi connectivity index (χ2n) is 7.14. The summed E-state index contributed by atoms with van der Waals surface area (Å²) in [6, 6.07) is 18.3. The van der Waals surface area contributed by atoms with Crippen molar-refractivity contribution in [2.75, 3.05) is 7.11 Å². The standard InChI is InChI=1S/C24H20BrN3O4/c1-15-6-5-7-16(10-15)14-32-22-17(11-18(25)12-21(22)31-2)13-26-28-23(29)19-8-3-4-9-20(19)27-24(28)30/h3-13H,14H2,1-2H3,(H,27,30). The maximum absolute atomic E-state index is 12.8. The fourth-order valence-electron chi connectivity index (χ4n) is 3.33. The van der Waals surface area contributed by atoms with Crippen LogP contribution >= 0.6 is 15.9 Å². The van der Waals surface area contributed by atoms with Gasteiger partial charge in [-0.3, -0.25) is 4.79 Å². The van der Waals surface area contributed by atoms with E-state index in [0.29, 0.717) is 34.6 Å². The summed E-state index contributed by atoms with van der Waals surface area (Å²) in [7, 11) is 1.54. The van der Waals surface area contributed by atoms with E-state index in [4.69, 9.17) is 9.47 Å². The quantitative estimate of drug-likeness (QED) is 0.407. The van der Waals surface area contributed by atoms with E-state index < -0.39 is 11.2 Å². The number of para-hydroxylation sites is 1. The van der Waals surface area contributed by atoms with E-state index in [0.717, 1.165) is 20.3 Å². The fourth-order valence-corrected chi connectivity index (χ4v) is 3.78. The van der Waals surface area contributed by atoms with Crippen molar-refractivity contribution in [3.63, 3.8) is 0 Å². The Labute approximate surface area is 192 Å². The maximum atomic E-state index is 12.8. The molecule has 0 saturated heterocycles. The van der Waals surface area contributed by atoms with Crippen molar-refractivity contribution in [3.8, 4) is 11.5 Å². The Morgan fingerprint density at radius 1 is 1.09 bits per heavy atom. The molecule has 8 heteroatoms. The van der Waals surface area contributed by atoms with Crippen LogP contribution in [0.15, 0.2) is 79.8 Å². The molecule has 1 heterocycles. The molecule has 1 aromatic heterocycles. The summed E-state index contributed by atoms with van der Waals surface area (Å²) in [4.78, 5) is 27.8. The van der Waals surface area contributed by atoms with Crippen LogP contribution in [0.5, 0.6) is 11.5 Å². The first-order chi connectivity index (χ1) is 15.5. The lowest BCUT2D eigenvalue weighted by molar-refractivity contribution is 0.284. The van der Waals surface area contributed by atoms with Crippen molar-refractivity contribution in [1.82, 2.24) is 9.66 Å². The lowest BCUT2D eigenvalue weighted by Gasteiger charge is -2.14. The molecule has 1 N–H and O–H groups in total. The van der Waals surface area contributed by atoms with E-state index >= 15 is 0 Å². The highest BCUT2D eigenvalue weighted by atomic mass is 79.9. The summed E-state index contributed by atoms with van der Waals surface area (Å²) >= 11 is 3.45. The van der Waals surface area contributed by atoms with Gasteiger partial charge in [-0.1, -0.05) is 57.9 Å². The zero-order chi connectivity index (χ0) is 22.7. The Hall–Kier alpha value is -3.65. The van der Waals surface area contributed by atoms with Gasteiger partial charge in [0.25, 0.3) is 5.56 Å². The first kappa shape index (κ1) is 21.6. The van der Waals surface area contributed by atoms with Crippen molar-refractivity contribution >= 4 is 33.0 Å². The van der Waals surface area contributed by atoms with Crippen LogP contribution in [0.3, 0.4) is 0 Å². The summed E-state index contributed by atoms with van der Waals surface area (Å²) < 4.78 is 13.1. The zero-order valence-electron chi connectivity index (χ0n) is 17.5. The molecular formula is C24H20BrN3O4. The minimum absolute atomic E-state index is 0.316. The van der Waals surface area contributed by atoms with E-state index in [2.05, 4.69) is 26.0 Å². The number of benzene rings is 3. The summed E-state index contributed by atoms with van der Waals surface area (Å²) in [6.07, 6.45) is 1.41. The molecule has 0 radical (unpaired) electrons. The van der Waals surface area contributed by atoms with Gasteiger partial charge in [0, 0.05) is 10.0 Å². The molecule has 4 rings (SSSR count). The first-order valence-electron chi connectivity index (χ1n) is 9.80. The molecule has 0 aliphatic heterocycles. The molecular weight excluding hydrogens is 474 g/mol. The molecule has 0 aliphatic carbocycles. The summed E-state index contributed by atoms with van der Waals surface area (Å²) in [5.41, 5.74) is 1.99. The Morgan fingerprint density at radius 3 is 2.69 bits per heavy atom. The number of methoxy groups -OCH3 is 1. The summed E-state index contributed by atoms with van der Waals surface area (Å²) in [5, 5.41) is 4.52. The van der Waals surface area contributed by atoms with Crippen LogP contribution in [0.2, 0.25) is 0 Å². The molecule has 0 saturated carbocycles. The molecule has 0 fully saturated rings. The minimum Gasteiger partial charge on any atom is -0.493 e. The highest BCUT2D eigenvalue weighted by Crippen LogP contribution is 2.34. The van der Waals surface area contributed by atoms with E-state index in [9.17, 15) is 9.59 Å². The van der Waals surface area contributed by atoms with Crippen molar-refractivity contribution in [1.29, 1.82) is 0 Å². The number of rotatable bonds is 6. The monoisotopic (exact) mass is 493 g/mol. The average molecular weight is 494 g/mol. The molecule has 0 bridgehead atoms. The molecule has 0 atom stereocenters. The van der Waals surface area contributed by atoms with Gasteiger partial charge >= 0.3 is 5.69 Å². The van der Waals surface area contributed by atoms with Gasteiger partial charge in [-0.25, -0.2) is 4.79 Å². The molecule has 0 amide bonds. The third-order valence-corrected chi connectivity index (χ3v) is 5.29. The van der Waals surface area contributed by atoms with Crippen LogP contribution in [0.25, 0.3) is 10.9 Å². The van der Waals surface area contributed by atoms with Crippen LogP contribution in [0, 0.1) is 6.92 Å². The smallest absolute Gasteiger partial charge is 0.349 e. The van der Waals surface area contributed by atoms with Gasteiger partial charge in [0.1, 0.15) is 6.61 Å². The second-order valence-corrected chi connectivity index (χ2v) is 8.06. The summed E-state index contributed by atoms with van der Waals surface area (Å²) in [6.45, 7) is 2.33. The zero-order valence-corrected chi connectivity index (χ0v) is 19.0. The average Bonchev–Trinajstić information content (AvgIpc) is 2.78. The predicted octanol–water partition coefficient (Wildman–Crippen LogP) is 4.23. The molecule has 7 nitrogen and oxygen atoms in total. The number of ether oxygens (including phenoxy) is 2. The molecule has 0 spiro atoms. The Morgan fingerprint density at radius 2 is 1.91 bits per heavy atom. The van der Waals surface area contributed by atoms with Crippen molar-refractivity contribution < 1.29 is 9.47 Å². The second kappa shape index (κ2) is 9.23. The first-order valence-corrected chi connectivity index (χ1v) is 10.6. The number of aromatic nitrogens is 2. The Bertz CT molecular complexity index is 1440. The van der Waals surface area contributed by atoms with Gasteiger partial charge in [-0.15, -0.1) is 4.68 Å². The van der Waals surface area contributed by atoms with Gasteiger partial charge in [-0.05, 0) is 36.8 Å². The van der Waals surface area contributed by atoms with Gasteiger partial charge in [0.15, 0.2) is 11.5 Å². The van der Waals surface area contributed by atoms with Gasteiger partial charge in [0.2, 0.25) is 0 Å². The predicted molar refractivity (Wildman–Crippen MR) is 128 cm³/mol. The normalized spacial score (nSPS) is 11.2. The van der Waals surface area contributed by atoms with Crippen molar-refractivity contribution in [3.05, 3.63) is 103 Å². The largest absolute Gasteiger partial charge is 0.493 e. The van der Waals surface area contributed by atoms with Gasteiger partial charge in [-0.2, -0.15) is 5.10 Å². The number of halogens is 1. The molecule has 162 valence electrons. The SMILES string of the molecule is COc1cc(Br)cc(C=Nn2c(=O)[nH]c3ccccc3c2=O)c1OCc1cccc(C)c1. The number of hydrogen-bond donors (Lipinski definition) is 1. The molecule has 0 aliphatic rings. The minimum atomic E-state index is -0.630. The number of H-pyrrole nitrogens is 1. The van der Waals surface area contributed by atoms with Crippen molar-refractivity contribution in [2.24, 2.45) is 5.10 Å². The molecule has 3 aromatic carbocycles. The number of nitrogens with one attached hydrogen (secondary N) is 1. The van der Waals surface area contributed by atoms with E-state index in [1.807, 2.05) is 31.2 Å². The van der Waals surface area contributed by atoms with Crippen LogP contribution in [0.4, 0.5) is 0 Å². The Kier molecular flexibility index (Phi) is 6.23. The molecule has 0 unspecified atom stereocenters. The van der Waals surface area contributed by atoms with E-state index in [1.54, 1.807) is 43.5 Å². The number of hydrogen-bond acceptors (Lipinski definition) is 5. The topological polar surface area (TPSA) is 85.7 Å². The third-order valence-electron chi connectivity index (χ3n) is 4.83. The highest BCUT2D eigenvalue weighted by Gasteiger charge is 2.13. The fraction of sp³-hybridized carbons (Fsp3) is 0.125.